The number of ether oxygens (including phenoxy) is 2. The van der Waals surface area contributed by atoms with Crippen LogP contribution in [0.1, 0.15) is 29.5 Å². The van der Waals surface area contributed by atoms with E-state index in [0.29, 0.717) is 24.9 Å². The van der Waals surface area contributed by atoms with Gasteiger partial charge in [-0.05, 0) is 63.1 Å². The van der Waals surface area contributed by atoms with Crippen LogP contribution in [0.2, 0.25) is 0 Å². The zero-order valence-electron chi connectivity index (χ0n) is 18.9. The van der Waals surface area contributed by atoms with Gasteiger partial charge in [-0.15, -0.1) is 11.8 Å². The molecule has 3 rings (SSSR count). The number of benzene rings is 2. The van der Waals surface area contributed by atoms with Crippen molar-refractivity contribution in [3.8, 4) is 5.75 Å². The number of nitrogens with zero attached hydrogens (tertiary/aromatic N) is 1. The Morgan fingerprint density at radius 1 is 1.19 bits per heavy atom. The van der Waals surface area contributed by atoms with E-state index in [1.807, 2.05) is 24.3 Å². The minimum Gasteiger partial charge on any atom is -0.492 e. The van der Waals surface area contributed by atoms with E-state index in [9.17, 15) is 4.79 Å². The molecule has 0 bridgehead atoms. The maximum atomic E-state index is 12.3. The first-order valence-electron chi connectivity index (χ1n) is 11.0. The van der Waals surface area contributed by atoms with Gasteiger partial charge in [-0.1, -0.05) is 29.8 Å². The summed E-state index contributed by atoms with van der Waals surface area (Å²) in [5, 5.41) is 3.01. The van der Waals surface area contributed by atoms with Crippen molar-refractivity contribution >= 4 is 17.7 Å². The van der Waals surface area contributed by atoms with Crippen LogP contribution in [0, 0.1) is 13.8 Å². The molecule has 0 atom stereocenters. The molecule has 1 amide bonds. The minimum absolute atomic E-state index is 0.0373. The summed E-state index contributed by atoms with van der Waals surface area (Å²) in [5.74, 6) is 1.30. The number of hydrogen-bond donors (Lipinski definition) is 1. The summed E-state index contributed by atoms with van der Waals surface area (Å²) in [7, 11) is 2.15. The Morgan fingerprint density at radius 2 is 2.00 bits per heavy atom. The number of nitrogens with one attached hydrogen (secondary N) is 1. The lowest BCUT2D eigenvalue weighted by Gasteiger charge is -2.31. The summed E-state index contributed by atoms with van der Waals surface area (Å²) in [6.07, 6.45) is 2.18. The number of amides is 1. The molecule has 1 aliphatic rings. The van der Waals surface area contributed by atoms with Crippen LogP contribution in [0.25, 0.3) is 0 Å². The highest BCUT2D eigenvalue weighted by molar-refractivity contribution is 8.00. The van der Waals surface area contributed by atoms with Crippen molar-refractivity contribution < 1.29 is 14.3 Å². The second-order valence-electron chi connectivity index (χ2n) is 8.15. The van der Waals surface area contributed by atoms with Gasteiger partial charge in [0.15, 0.2) is 0 Å². The SMILES string of the molecule is Cc1ccc(C)c(SCC(=O)NCc2cccc(OCCN(C)C3CCOCC3)c2)c1. The molecule has 1 N–H and O–H groups in total. The second kappa shape index (κ2) is 12.1. The Hall–Kier alpha value is -2.02. The van der Waals surface area contributed by atoms with Crippen LogP contribution >= 0.6 is 11.8 Å². The first-order valence-corrected chi connectivity index (χ1v) is 12.0. The highest BCUT2D eigenvalue weighted by atomic mass is 32.2. The van der Waals surface area contributed by atoms with Gasteiger partial charge in [0.2, 0.25) is 5.91 Å². The third-order valence-corrected chi connectivity index (χ3v) is 6.77. The second-order valence-corrected chi connectivity index (χ2v) is 9.17. The Bertz CT molecular complexity index is 852. The molecule has 2 aromatic rings. The van der Waals surface area contributed by atoms with Crippen LogP contribution in [0.3, 0.4) is 0 Å². The molecule has 0 spiro atoms. The molecule has 0 radical (unpaired) electrons. The van der Waals surface area contributed by atoms with Crippen molar-refractivity contribution in [2.45, 2.75) is 44.2 Å². The summed E-state index contributed by atoms with van der Waals surface area (Å²) < 4.78 is 11.4. The highest BCUT2D eigenvalue weighted by Gasteiger charge is 2.18. The van der Waals surface area contributed by atoms with Gasteiger partial charge in [-0.2, -0.15) is 0 Å². The minimum atomic E-state index is 0.0373. The zero-order chi connectivity index (χ0) is 22.1. The van der Waals surface area contributed by atoms with Gasteiger partial charge in [0.05, 0.1) is 5.75 Å². The van der Waals surface area contributed by atoms with Gasteiger partial charge in [0.25, 0.3) is 0 Å². The van der Waals surface area contributed by atoms with E-state index in [4.69, 9.17) is 9.47 Å². The van der Waals surface area contributed by atoms with Crippen molar-refractivity contribution in [3.63, 3.8) is 0 Å². The number of hydrogen-bond acceptors (Lipinski definition) is 5. The van der Waals surface area contributed by atoms with Crippen LogP contribution in [-0.2, 0) is 16.1 Å². The van der Waals surface area contributed by atoms with Crippen LogP contribution in [-0.4, -0.2) is 56.0 Å². The van der Waals surface area contributed by atoms with Crippen molar-refractivity contribution in [2.24, 2.45) is 0 Å². The highest BCUT2D eigenvalue weighted by Crippen LogP contribution is 2.23. The number of thioether (sulfide) groups is 1. The molecule has 5 nitrogen and oxygen atoms in total. The normalized spacial score (nSPS) is 14.6. The maximum absolute atomic E-state index is 12.3. The first kappa shape index (κ1) is 23.6. The van der Waals surface area contributed by atoms with Crippen molar-refractivity contribution in [3.05, 3.63) is 59.2 Å². The van der Waals surface area contributed by atoms with Gasteiger partial charge in [0, 0.05) is 37.2 Å². The molecule has 31 heavy (non-hydrogen) atoms. The molecule has 2 aromatic carbocycles. The molecule has 0 unspecified atom stereocenters. The van der Waals surface area contributed by atoms with E-state index in [1.54, 1.807) is 11.8 Å². The zero-order valence-corrected chi connectivity index (χ0v) is 19.7. The van der Waals surface area contributed by atoms with Crippen molar-refractivity contribution in [1.29, 1.82) is 0 Å². The van der Waals surface area contributed by atoms with Gasteiger partial charge >= 0.3 is 0 Å². The summed E-state index contributed by atoms with van der Waals surface area (Å²) in [5.41, 5.74) is 3.46. The van der Waals surface area contributed by atoms with E-state index < -0.39 is 0 Å². The third-order valence-electron chi connectivity index (χ3n) is 5.62. The van der Waals surface area contributed by atoms with E-state index in [0.717, 1.165) is 48.8 Å². The number of aryl methyl sites for hydroxylation is 2. The summed E-state index contributed by atoms with van der Waals surface area (Å²) in [6, 6.07) is 14.9. The number of carbonyl (C=O) groups excluding carboxylic acids is 1. The van der Waals surface area contributed by atoms with E-state index >= 15 is 0 Å². The topological polar surface area (TPSA) is 50.8 Å². The van der Waals surface area contributed by atoms with E-state index in [2.05, 4.69) is 49.3 Å². The van der Waals surface area contributed by atoms with Gasteiger partial charge in [-0.25, -0.2) is 0 Å². The predicted octanol–water partition coefficient (Wildman–Crippen LogP) is 4.20. The smallest absolute Gasteiger partial charge is 0.230 e. The van der Waals surface area contributed by atoms with Crippen LogP contribution in [0.5, 0.6) is 5.75 Å². The molecule has 1 aliphatic heterocycles. The molecule has 168 valence electrons. The molecular weight excluding hydrogens is 408 g/mol. The summed E-state index contributed by atoms with van der Waals surface area (Å²) in [6.45, 7) is 7.90. The Kier molecular flexibility index (Phi) is 9.25. The quantitative estimate of drug-likeness (QED) is 0.559. The Morgan fingerprint density at radius 3 is 2.81 bits per heavy atom. The van der Waals surface area contributed by atoms with Crippen LogP contribution in [0.15, 0.2) is 47.4 Å². The Balaban J connectivity index is 1.39. The van der Waals surface area contributed by atoms with Crippen molar-refractivity contribution in [1.82, 2.24) is 10.2 Å². The largest absolute Gasteiger partial charge is 0.492 e. The molecule has 0 saturated carbocycles. The number of carbonyl (C=O) groups is 1. The summed E-state index contributed by atoms with van der Waals surface area (Å²) >= 11 is 1.58. The third kappa shape index (κ3) is 7.87. The summed E-state index contributed by atoms with van der Waals surface area (Å²) in [4.78, 5) is 15.8. The lowest BCUT2D eigenvalue weighted by Crippen LogP contribution is -2.38. The molecule has 0 aromatic heterocycles. The van der Waals surface area contributed by atoms with Crippen LogP contribution in [0.4, 0.5) is 0 Å². The molecule has 0 aliphatic carbocycles. The average Bonchev–Trinajstić information content (AvgIpc) is 2.79. The lowest BCUT2D eigenvalue weighted by molar-refractivity contribution is -0.118. The lowest BCUT2D eigenvalue weighted by atomic mass is 10.1. The average molecular weight is 443 g/mol. The number of rotatable bonds is 10. The maximum Gasteiger partial charge on any atom is 0.230 e. The molecule has 6 heteroatoms. The van der Waals surface area contributed by atoms with Gasteiger partial charge in [-0.3, -0.25) is 9.69 Å². The van der Waals surface area contributed by atoms with Crippen molar-refractivity contribution in [2.75, 3.05) is 39.2 Å². The van der Waals surface area contributed by atoms with E-state index in [1.165, 1.54) is 11.1 Å². The monoisotopic (exact) mass is 442 g/mol. The van der Waals surface area contributed by atoms with Gasteiger partial charge < -0.3 is 14.8 Å². The van der Waals surface area contributed by atoms with Crippen LogP contribution < -0.4 is 10.1 Å². The molecule has 1 heterocycles. The molecular formula is C25H34N2O3S. The fraction of sp³-hybridized carbons (Fsp3) is 0.480. The first-order chi connectivity index (χ1) is 15.0. The molecule has 1 saturated heterocycles. The fourth-order valence-corrected chi connectivity index (χ4v) is 4.57. The standard InChI is InChI=1S/C25H34N2O3S/c1-19-7-8-20(2)24(15-19)31-18-25(28)26-17-21-5-4-6-23(16-21)30-14-11-27(3)22-9-12-29-13-10-22/h4-8,15-16,22H,9-14,17-18H2,1-3H3,(H,26,28). The van der Waals surface area contributed by atoms with E-state index in [-0.39, 0.29) is 5.91 Å². The fourth-order valence-electron chi connectivity index (χ4n) is 3.62. The number of likely N-dealkylation sites (N-methyl/N-ethyl adjacent to an activating group) is 1. The predicted molar refractivity (Wildman–Crippen MR) is 127 cm³/mol. The van der Waals surface area contributed by atoms with Gasteiger partial charge in [0.1, 0.15) is 12.4 Å². The molecule has 1 fully saturated rings. The Labute approximate surface area is 190 Å².